The molecule has 0 unspecified atom stereocenters. The number of epoxide rings is 1. The Labute approximate surface area is 265 Å². The molecule has 1 aliphatic rings. The first kappa shape index (κ1) is 33.6. The van der Waals surface area contributed by atoms with Crippen molar-refractivity contribution in [2.75, 3.05) is 6.61 Å². The average molecular weight is 613 g/mol. The predicted octanol–water partition coefficient (Wildman–Crippen LogP) is 5.50. The number of amides is 2. The Hall–Kier alpha value is -4.30. The van der Waals surface area contributed by atoms with Gasteiger partial charge in [-0.3, -0.25) is 14.4 Å². The molecule has 0 radical (unpaired) electrons. The van der Waals surface area contributed by atoms with Crippen LogP contribution >= 0.6 is 0 Å². The molecule has 0 saturated carbocycles. The van der Waals surface area contributed by atoms with Gasteiger partial charge in [-0.15, -0.1) is 0 Å². The minimum absolute atomic E-state index is 0.0342. The van der Waals surface area contributed by atoms with Crippen LogP contribution in [0.4, 0.5) is 4.79 Å². The molecule has 8 nitrogen and oxygen atoms in total. The molecule has 4 atom stereocenters. The fourth-order valence-corrected chi connectivity index (χ4v) is 5.09. The summed E-state index contributed by atoms with van der Waals surface area (Å²) in [6.45, 7) is 10.1. The molecule has 2 N–H and O–H groups in total. The van der Waals surface area contributed by atoms with E-state index < -0.39 is 35.6 Å². The van der Waals surface area contributed by atoms with Crippen molar-refractivity contribution in [1.29, 1.82) is 0 Å². The zero-order chi connectivity index (χ0) is 32.6. The SMILES string of the molecule is C[C@H](NC(=O)OCc1ccccc1)C(=O)C[C@@H](Cc1ccc(C(C)(C)C)cc1)C(=O)N[C@@H](Cc1ccccc1)C(=O)[C@@]1(C)CO1. The van der Waals surface area contributed by atoms with Crippen molar-refractivity contribution in [2.45, 2.75) is 83.6 Å². The van der Waals surface area contributed by atoms with Crippen molar-refractivity contribution < 1.29 is 28.7 Å². The van der Waals surface area contributed by atoms with Gasteiger partial charge in [-0.2, -0.15) is 0 Å². The lowest BCUT2D eigenvalue weighted by Crippen LogP contribution is -2.50. The third-order valence-corrected chi connectivity index (χ3v) is 8.16. The summed E-state index contributed by atoms with van der Waals surface area (Å²) in [5.74, 6) is -1.70. The molecule has 2 amide bonds. The van der Waals surface area contributed by atoms with Crippen LogP contribution < -0.4 is 10.6 Å². The molecular weight excluding hydrogens is 568 g/mol. The lowest BCUT2D eigenvalue weighted by Gasteiger charge is -2.24. The van der Waals surface area contributed by atoms with E-state index in [0.717, 1.165) is 22.3 Å². The zero-order valence-corrected chi connectivity index (χ0v) is 26.8. The monoisotopic (exact) mass is 612 g/mol. The predicted molar refractivity (Wildman–Crippen MR) is 173 cm³/mol. The number of ether oxygens (including phenoxy) is 2. The van der Waals surface area contributed by atoms with Gasteiger partial charge in [-0.1, -0.05) is 106 Å². The number of ketones is 2. The molecule has 1 heterocycles. The van der Waals surface area contributed by atoms with Crippen molar-refractivity contribution in [3.8, 4) is 0 Å². The van der Waals surface area contributed by atoms with E-state index >= 15 is 0 Å². The second kappa shape index (κ2) is 14.7. The van der Waals surface area contributed by atoms with Gasteiger partial charge >= 0.3 is 6.09 Å². The first-order valence-corrected chi connectivity index (χ1v) is 15.5. The first-order valence-electron chi connectivity index (χ1n) is 15.5. The van der Waals surface area contributed by atoms with Crippen LogP contribution in [0.1, 0.15) is 63.3 Å². The topological polar surface area (TPSA) is 114 Å². The Bertz CT molecular complexity index is 1460. The number of Topliss-reactive ketones (excluding diaryl/α,β-unsaturated/α-hetero) is 2. The maximum atomic E-state index is 13.9. The van der Waals surface area contributed by atoms with Crippen LogP contribution in [0.5, 0.6) is 0 Å². The van der Waals surface area contributed by atoms with E-state index in [4.69, 9.17) is 9.47 Å². The minimum Gasteiger partial charge on any atom is -0.445 e. The lowest BCUT2D eigenvalue weighted by molar-refractivity contribution is -0.134. The van der Waals surface area contributed by atoms with E-state index in [2.05, 4.69) is 31.4 Å². The van der Waals surface area contributed by atoms with E-state index in [9.17, 15) is 19.2 Å². The molecule has 0 aliphatic carbocycles. The normalized spacial score (nSPS) is 17.8. The summed E-state index contributed by atoms with van der Waals surface area (Å²) >= 11 is 0. The molecule has 1 aliphatic heterocycles. The molecule has 1 saturated heterocycles. The van der Waals surface area contributed by atoms with Crippen molar-refractivity contribution >= 4 is 23.6 Å². The summed E-state index contributed by atoms with van der Waals surface area (Å²) in [4.78, 5) is 53.1. The summed E-state index contributed by atoms with van der Waals surface area (Å²) in [7, 11) is 0. The molecule has 0 bridgehead atoms. The van der Waals surface area contributed by atoms with Gasteiger partial charge in [0.25, 0.3) is 0 Å². The van der Waals surface area contributed by atoms with Gasteiger partial charge in [-0.05, 0) is 54.4 Å². The van der Waals surface area contributed by atoms with E-state index in [1.807, 2.05) is 84.9 Å². The summed E-state index contributed by atoms with van der Waals surface area (Å²) in [6, 6.07) is 25.0. The van der Waals surface area contributed by atoms with E-state index in [1.54, 1.807) is 13.8 Å². The highest BCUT2D eigenvalue weighted by Crippen LogP contribution is 2.29. The smallest absolute Gasteiger partial charge is 0.408 e. The number of nitrogens with one attached hydrogen (secondary N) is 2. The Kier molecular flexibility index (Phi) is 10.9. The number of hydrogen-bond donors (Lipinski definition) is 2. The van der Waals surface area contributed by atoms with Crippen LogP contribution in [0.2, 0.25) is 0 Å². The summed E-state index contributed by atoms with van der Waals surface area (Å²) < 4.78 is 10.7. The lowest BCUT2D eigenvalue weighted by atomic mass is 9.85. The molecule has 1 fully saturated rings. The number of alkyl carbamates (subject to hydrolysis) is 1. The van der Waals surface area contributed by atoms with E-state index in [0.29, 0.717) is 13.0 Å². The van der Waals surface area contributed by atoms with Crippen molar-refractivity contribution in [3.05, 3.63) is 107 Å². The van der Waals surface area contributed by atoms with Gasteiger partial charge in [0.15, 0.2) is 11.6 Å². The largest absolute Gasteiger partial charge is 0.445 e. The van der Waals surface area contributed by atoms with Gasteiger partial charge in [0.2, 0.25) is 5.91 Å². The maximum absolute atomic E-state index is 13.9. The molecule has 45 heavy (non-hydrogen) atoms. The Morgan fingerprint density at radius 1 is 0.822 bits per heavy atom. The van der Waals surface area contributed by atoms with Gasteiger partial charge in [0.05, 0.1) is 18.7 Å². The molecule has 4 rings (SSSR count). The average Bonchev–Trinajstić information content (AvgIpc) is 3.78. The minimum atomic E-state index is -0.931. The number of carbonyl (C=O) groups excluding carboxylic acids is 4. The van der Waals surface area contributed by atoms with Crippen LogP contribution in [0, 0.1) is 5.92 Å². The van der Waals surface area contributed by atoms with Crippen molar-refractivity contribution in [3.63, 3.8) is 0 Å². The quantitative estimate of drug-likeness (QED) is 0.232. The van der Waals surface area contributed by atoms with Gasteiger partial charge < -0.3 is 20.1 Å². The van der Waals surface area contributed by atoms with Crippen molar-refractivity contribution in [2.24, 2.45) is 5.92 Å². The Morgan fingerprint density at radius 2 is 1.38 bits per heavy atom. The number of carbonyl (C=O) groups is 4. The highest BCUT2D eigenvalue weighted by atomic mass is 16.6. The number of benzene rings is 3. The Balaban J connectivity index is 1.48. The fourth-order valence-electron chi connectivity index (χ4n) is 5.09. The highest BCUT2D eigenvalue weighted by molar-refractivity contribution is 5.98. The summed E-state index contributed by atoms with van der Waals surface area (Å²) in [5.41, 5.74) is 2.81. The second-order valence-electron chi connectivity index (χ2n) is 13.1. The Morgan fingerprint density at radius 3 is 1.93 bits per heavy atom. The van der Waals surface area contributed by atoms with Gasteiger partial charge in [-0.25, -0.2) is 4.79 Å². The van der Waals surface area contributed by atoms with Crippen LogP contribution in [0.3, 0.4) is 0 Å². The van der Waals surface area contributed by atoms with E-state index in [-0.39, 0.29) is 36.4 Å². The number of hydrogen-bond acceptors (Lipinski definition) is 6. The summed E-state index contributed by atoms with van der Waals surface area (Å²) in [5, 5.41) is 5.55. The molecule has 0 aromatic heterocycles. The summed E-state index contributed by atoms with van der Waals surface area (Å²) in [6.07, 6.45) is -0.263. The molecule has 3 aromatic rings. The van der Waals surface area contributed by atoms with Gasteiger partial charge in [0, 0.05) is 12.3 Å². The second-order valence-corrected chi connectivity index (χ2v) is 13.1. The third-order valence-electron chi connectivity index (χ3n) is 8.16. The van der Waals surface area contributed by atoms with Crippen molar-refractivity contribution in [1.82, 2.24) is 10.6 Å². The highest BCUT2D eigenvalue weighted by Gasteiger charge is 2.50. The first-order chi connectivity index (χ1) is 21.3. The third kappa shape index (κ3) is 9.85. The fraction of sp³-hybridized carbons (Fsp3) is 0.405. The number of rotatable bonds is 14. The standard InChI is InChI=1S/C37H44N2O6/c1-25(38-35(43)44-23-28-14-10-7-11-15-28)32(40)22-29(20-27-16-18-30(19-17-27)36(2,3)4)34(42)39-31(33(41)37(5)24-45-37)21-26-12-8-6-9-13-26/h6-19,25,29,31H,20-24H2,1-5H3,(H,38,43)(H,39,42)/t25-,29+,31-,37+/m0/s1. The molecular formula is C37H44N2O6. The van der Waals surface area contributed by atoms with Crippen LogP contribution in [-0.4, -0.2) is 47.9 Å². The molecule has 0 spiro atoms. The molecule has 238 valence electrons. The van der Waals surface area contributed by atoms with Crippen LogP contribution in [0.15, 0.2) is 84.9 Å². The van der Waals surface area contributed by atoms with Gasteiger partial charge in [0.1, 0.15) is 12.2 Å². The molecule has 3 aromatic carbocycles. The molecule has 8 heteroatoms. The maximum Gasteiger partial charge on any atom is 0.408 e. The van der Waals surface area contributed by atoms with Crippen LogP contribution in [0.25, 0.3) is 0 Å². The van der Waals surface area contributed by atoms with E-state index in [1.165, 1.54) is 0 Å². The zero-order valence-electron chi connectivity index (χ0n) is 26.8. The van der Waals surface area contributed by atoms with Crippen LogP contribution in [-0.2, 0) is 48.7 Å².